The SMILES string of the molecule is OC[C@H](O)[C@@H](CO)NOCc1ccccc1. The first-order chi connectivity index (χ1) is 7.77. The van der Waals surface area contributed by atoms with E-state index in [9.17, 15) is 5.11 Å². The van der Waals surface area contributed by atoms with Crippen LogP contribution in [0.4, 0.5) is 0 Å². The minimum atomic E-state index is -1.04. The zero-order valence-electron chi connectivity index (χ0n) is 8.91. The van der Waals surface area contributed by atoms with Gasteiger partial charge in [0.1, 0.15) is 0 Å². The van der Waals surface area contributed by atoms with Gasteiger partial charge in [-0.25, -0.2) is 0 Å². The molecule has 5 nitrogen and oxygen atoms in total. The van der Waals surface area contributed by atoms with Gasteiger partial charge < -0.3 is 15.3 Å². The van der Waals surface area contributed by atoms with Crippen LogP contribution in [0.15, 0.2) is 30.3 Å². The molecule has 0 fully saturated rings. The van der Waals surface area contributed by atoms with Crippen molar-refractivity contribution < 1.29 is 20.2 Å². The molecular formula is C11H17NO4. The zero-order valence-corrected chi connectivity index (χ0v) is 8.91. The molecule has 0 saturated heterocycles. The maximum absolute atomic E-state index is 9.26. The van der Waals surface area contributed by atoms with Crippen molar-refractivity contribution in [3.63, 3.8) is 0 Å². The Labute approximate surface area is 94.3 Å². The number of hydrogen-bond acceptors (Lipinski definition) is 5. The third kappa shape index (κ3) is 4.26. The van der Waals surface area contributed by atoms with E-state index in [4.69, 9.17) is 15.1 Å². The molecule has 2 atom stereocenters. The first-order valence-corrected chi connectivity index (χ1v) is 5.09. The molecule has 0 aliphatic heterocycles. The van der Waals surface area contributed by atoms with Crippen molar-refractivity contribution in [2.45, 2.75) is 18.8 Å². The summed E-state index contributed by atoms with van der Waals surface area (Å²) in [6.45, 7) is -0.404. The lowest BCUT2D eigenvalue weighted by Gasteiger charge is -2.19. The average molecular weight is 227 g/mol. The van der Waals surface area contributed by atoms with Crippen LogP contribution in [0, 0.1) is 0 Å². The first kappa shape index (κ1) is 13.1. The molecule has 0 aromatic heterocycles. The predicted molar refractivity (Wildman–Crippen MR) is 58.3 cm³/mol. The van der Waals surface area contributed by atoms with Crippen LogP contribution < -0.4 is 5.48 Å². The van der Waals surface area contributed by atoms with E-state index in [1.165, 1.54) is 0 Å². The fraction of sp³-hybridized carbons (Fsp3) is 0.455. The summed E-state index contributed by atoms with van der Waals surface area (Å²) in [7, 11) is 0. The smallest absolute Gasteiger partial charge is 0.0968 e. The molecule has 0 aliphatic rings. The predicted octanol–water partition coefficient (Wildman–Crippen LogP) is -0.578. The molecule has 5 heteroatoms. The van der Waals surface area contributed by atoms with Gasteiger partial charge in [-0.15, -0.1) is 0 Å². The summed E-state index contributed by atoms with van der Waals surface area (Å²) in [5.74, 6) is 0. The summed E-state index contributed by atoms with van der Waals surface area (Å²) in [4.78, 5) is 5.11. The number of hydroxylamine groups is 1. The van der Waals surface area contributed by atoms with Gasteiger partial charge in [-0.1, -0.05) is 30.3 Å². The van der Waals surface area contributed by atoms with Gasteiger partial charge >= 0.3 is 0 Å². The van der Waals surface area contributed by atoms with Gasteiger partial charge in [-0.05, 0) is 5.56 Å². The molecule has 0 bridgehead atoms. The molecule has 0 radical (unpaired) electrons. The maximum atomic E-state index is 9.26. The van der Waals surface area contributed by atoms with Crippen molar-refractivity contribution in [1.29, 1.82) is 0 Å². The summed E-state index contributed by atoms with van der Waals surface area (Å²) < 4.78 is 0. The van der Waals surface area contributed by atoms with Gasteiger partial charge in [-0.3, -0.25) is 4.84 Å². The van der Waals surface area contributed by atoms with Gasteiger partial charge in [0.25, 0.3) is 0 Å². The molecule has 1 aromatic rings. The Balaban J connectivity index is 2.28. The van der Waals surface area contributed by atoms with Crippen molar-refractivity contribution in [1.82, 2.24) is 5.48 Å². The number of rotatable bonds is 7. The normalized spacial score (nSPS) is 14.7. The lowest BCUT2D eigenvalue weighted by atomic mass is 10.2. The Morgan fingerprint density at radius 3 is 2.38 bits per heavy atom. The maximum Gasteiger partial charge on any atom is 0.0968 e. The molecular weight excluding hydrogens is 210 g/mol. The Morgan fingerprint density at radius 2 is 1.81 bits per heavy atom. The third-order valence-corrected chi connectivity index (χ3v) is 2.16. The molecule has 1 rings (SSSR count). The van der Waals surface area contributed by atoms with Crippen LogP contribution in [-0.4, -0.2) is 40.7 Å². The highest BCUT2D eigenvalue weighted by Gasteiger charge is 2.17. The van der Waals surface area contributed by atoms with E-state index < -0.39 is 18.8 Å². The van der Waals surface area contributed by atoms with E-state index >= 15 is 0 Å². The van der Waals surface area contributed by atoms with Gasteiger partial charge in [0.15, 0.2) is 0 Å². The van der Waals surface area contributed by atoms with Crippen LogP contribution in [0.2, 0.25) is 0 Å². The number of aliphatic hydroxyl groups is 3. The Morgan fingerprint density at radius 1 is 1.12 bits per heavy atom. The molecule has 16 heavy (non-hydrogen) atoms. The van der Waals surface area contributed by atoms with Crippen LogP contribution >= 0.6 is 0 Å². The Hall–Kier alpha value is -0.980. The average Bonchev–Trinajstić information content (AvgIpc) is 2.35. The zero-order chi connectivity index (χ0) is 11.8. The highest BCUT2D eigenvalue weighted by molar-refractivity contribution is 5.13. The van der Waals surface area contributed by atoms with E-state index in [0.29, 0.717) is 6.61 Å². The van der Waals surface area contributed by atoms with Crippen LogP contribution in [0.1, 0.15) is 5.56 Å². The summed E-state index contributed by atoms with van der Waals surface area (Å²) in [6.07, 6.45) is -1.04. The summed E-state index contributed by atoms with van der Waals surface area (Å²) in [5.41, 5.74) is 3.49. The molecule has 0 aliphatic carbocycles. The highest BCUT2D eigenvalue weighted by Crippen LogP contribution is 2.00. The number of benzene rings is 1. The van der Waals surface area contributed by atoms with Gasteiger partial charge in [-0.2, -0.15) is 5.48 Å². The lowest BCUT2D eigenvalue weighted by molar-refractivity contribution is -0.0588. The number of hydrogen-bond donors (Lipinski definition) is 4. The topological polar surface area (TPSA) is 82.0 Å². The van der Waals surface area contributed by atoms with Crippen LogP contribution in [0.25, 0.3) is 0 Å². The lowest BCUT2D eigenvalue weighted by Crippen LogP contribution is -2.44. The molecule has 0 heterocycles. The minimum Gasteiger partial charge on any atom is -0.395 e. The van der Waals surface area contributed by atoms with Gasteiger partial charge in [0.05, 0.1) is 32.0 Å². The van der Waals surface area contributed by atoms with E-state index in [1.807, 2.05) is 30.3 Å². The monoisotopic (exact) mass is 227 g/mol. The fourth-order valence-corrected chi connectivity index (χ4v) is 1.17. The van der Waals surface area contributed by atoms with Gasteiger partial charge in [0, 0.05) is 0 Å². The van der Waals surface area contributed by atoms with Crippen LogP contribution in [-0.2, 0) is 11.4 Å². The fourth-order valence-electron chi connectivity index (χ4n) is 1.17. The van der Waals surface area contributed by atoms with Crippen molar-refractivity contribution in [3.05, 3.63) is 35.9 Å². The second-order valence-corrected chi connectivity index (χ2v) is 3.43. The Kier molecular flexibility index (Phi) is 5.99. The van der Waals surface area contributed by atoms with Crippen LogP contribution in [0.3, 0.4) is 0 Å². The van der Waals surface area contributed by atoms with Crippen molar-refractivity contribution in [2.75, 3.05) is 13.2 Å². The molecule has 0 unspecified atom stereocenters. The summed E-state index contributed by atoms with van der Waals surface area (Å²) in [5, 5.41) is 26.9. The second kappa shape index (κ2) is 7.32. The van der Waals surface area contributed by atoms with Gasteiger partial charge in [0.2, 0.25) is 0 Å². The quantitative estimate of drug-likeness (QED) is 0.469. The highest BCUT2D eigenvalue weighted by atomic mass is 16.6. The van der Waals surface area contributed by atoms with E-state index in [2.05, 4.69) is 5.48 Å². The molecule has 90 valence electrons. The molecule has 0 spiro atoms. The third-order valence-electron chi connectivity index (χ3n) is 2.16. The minimum absolute atomic E-state index is 0.309. The Bertz CT molecular complexity index is 281. The summed E-state index contributed by atoms with van der Waals surface area (Å²) in [6, 6.07) is 8.81. The van der Waals surface area contributed by atoms with Crippen molar-refractivity contribution >= 4 is 0 Å². The standard InChI is InChI=1S/C11H17NO4/c13-6-10(11(15)7-14)12-16-8-9-4-2-1-3-5-9/h1-5,10-15H,6-8H2/t10-,11+/m1/s1. The number of nitrogens with one attached hydrogen (secondary N) is 1. The van der Waals surface area contributed by atoms with Crippen LogP contribution in [0.5, 0.6) is 0 Å². The number of aliphatic hydroxyl groups excluding tert-OH is 3. The first-order valence-electron chi connectivity index (χ1n) is 5.09. The summed E-state index contributed by atoms with van der Waals surface area (Å²) >= 11 is 0. The largest absolute Gasteiger partial charge is 0.395 e. The van der Waals surface area contributed by atoms with E-state index in [1.54, 1.807) is 0 Å². The van der Waals surface area contributed by atoms with Crippen molar-refractivity contribution in [2.24, 2.45) is 0 Å². The van der Waals surface area contributed by atoms with E-state index in [0.717, 1.165) is 5.56 Å². The van der Waals surface area contributed by atoms with Crippen molar-refractivity contribution in [3.8, 4) is 0 Å². The molecule has 4 N–H and O–H groups in total. The van der Waals surface area contributed by atoms with E-state index in [-0.39, 0.29) is 6.61 Å². The second-order valence-electron chi connectivity index (χ2n) is 3.43. The molecule has 0 saturated carbocycles. The molecule has 1 aromatic carbocycles. The molecule has 0 amide bonds.